The molecule has 1 aromatic carbocycles. The van der Waals surface area contributed by atoms with Gasteiger partial charge in [-0.1, -0.05) is 18.2 Å². The molecule has 22 heavy (non-hydrogen) atoms. The Morgan fingerprint density at radius 1 is 1.27 bits per heavy atom. The number of ether oxygens (including phenoxy) is 1. The highest BCUT2D eigenvalue weighted by Crippen LogP contribution is 2.00. The van der Waals surface area contributed by atoms with Gasteiger partial charge in [-0.05, 0) is 35.9 Å². The van der Waals surface area contributed by atoms with Gasteiger partial charge < -0.3 is 10.1 Å². The van der Waals surface area contributed by atoms with E-state index < -0.39 is 5.69 Å². The summed E-state index contributed by atoms with van der Waals surface area (Å²) in [6.07, 6.45) is 0.727. The predicted molar refractivity (Wildman–Crippen MR) is 79.7 cm³/mol. The Bertz CT molecular complexity index is 650. The highest BCUT2D eigenvalue weighted by molar-refractivity contribution is 5.75. The highest BCUT2D eigenvalue weighted by Gasteiger charge is 2.11. The van der Waals surface area contributed by atoms with Crippen LogP contribution in [0.25, 0.3) is 5.69 Å². The molecular weight excluding hydrogens is 286 g/mol. The summed E-state index contributed by atoms with van der Waals surface area (Å²) in [5, 5.41) is 10.2. The van der Waals surface area contributed by atoms with Crippen molar-refractivity contribution in [1.29, 1.82) is 0 Å². The molecule has 0 atom stereocenters. The lowest BCUT2D eigenvalue weighted by molar-refractivity contribution is -0.121. The van der Waals surface area contributed by atoms with E-state index in [9.17, 15) is 9.59 Å². The third kappa shape index (κ3) is 4.26. The minimum Gasteiger partial charge on any atom is -0.382 e. The molecular formula is C14H19N5O3. The molecule has 2 aromatic rings. The lowest BCUT2D eigenvalue weighted by Crippen LogP contribution is -2.34. The van der Waals surface area contributed by atoms with Crippen molar-refractivity contribution in [2.24, 2.45) is 0 Å². The van der Waals surface area contributed by atoms with Gasteiger partial charge in [-0.25, -0.2) is 4.79 Å². The van der Waals surface area contributed by atoms with Gasteiger partial charge in [-0.3, -0.25) is 4.79 Å². The van der Waals surface area contributed by atoms with Gasteiger partial charge >= 0.3 is 5.69 Å². The maximum Gasteiger partial charge on any atom is 0.368 e. The van der Waals surface area contributed by atoms with Crippen molar-refractivity contribution < 1.29 is 9.53 Å². The van der Waals surface area contributed by atoms with Gasteiger partial charge in [0.05, 0.1) is 5.69 Å². The number of aromatic nitrogens is 4. The van der Waals surface area contributed by atoms with Crippen LogP contribution in [0.4, 0.5) is 0 Å². The van der Waals surface area contributed by atoms with Gasteiger partial charge in [0.1, 0.15) is 6.54 Å². The Labute approximate surface area is 127 Å². The van der Waals surface area contributed by atoms with Crippen molar-refractivity contribution >= 4 is 5.91 Å². The predicted octanol–water partition coefficient (Wildman–Crippen LogP) is -0.0282. The first kappa shape index (κ1) is 15.9. The first-order chi connectivity index (χ1) is 10.7. The van der Waals surface area contributed by atoms with Gasteiger partial charge in [0.15, 0.2) is 0 Å². The van der Waals surface area contributed by atoms with Crippen LogP contribution in [0.5, 0.6) is 0 Å². The number of carbonyl (C=O) groups is 1. The average molecular weight is 305 g/mol. The summed E-state index contributed by atoms with van der Waals surface area (Å²) in [5.74, 6) is -0.279. The van der Waals surface area contributed by atoms with Crippen molar-refractivity contribution in [3.8, 4) is 5.69 Å². The standard InChI is InChI=1S/C14H19N5O3/c1-2-22-10-6-9-15-13(20)11-18-14(21)19(17-16-18)12-7-4-3-5-8-12/h3-5,7-8H,2,6,9-11H2,1H3,(H,15,20). The summed E-state index contributed by atoms with van der Waals surface area (Å²) in [7, 11) is 0. The molecule has 0 saturated heterocycles. The zero-order chi connectivity index (χ0) is 15.8. The summed E-state index contributed by atoms with van der Waals surface area (Å²) >= 11 is 0. The number of benzene rings is 1. The molecule has 2 rings (SSSR count). The molecule has 0 spiro atoms. The molecule has 0 unspecified atom stereocenters. The number of tetrazole rings is 1. The Morgan fingerprint density at radius 3 is 2.77 bits per heavy atom. The number of hydrogen-bond donors (Lipinski definition) is 1. The molecule has 1 amide bonds. The Morgan fingerprint density at radius 2 is 2.05 bits per heavy atom. The molecule has 1 aromatic heterocycles. The second-order valence-electron chi connectivity index (χ2n) is 4.57. The van der Waals surface area contributed by atoms with Crippen molar-refractivity contribution in [3.63, 3.8) is 0 Å². The van der Waals surface area contributed by atoms with Gasteiger partial charge in [-0.15, -0.1) is 0 Å². The first-order valence-electron chi connectivity index (χ1n) is 7.15. The van der Waals surface area contributed by atoms with Crippen LogP contribution in [-0.2, 0) is 16.1 Å². The van der Waals surface area contributed by atoms with E-state index in [0.717, 1.165) is 15.8 Å². The summed E-state index contributed by atoms with van der Waals surface area (Å²) in [5.41, 5.74) is 0.159. The van der Waals surface area contributed by atoms with Gasteiger partial charge in [-0.2, -0.15) is 9.36 Å². The lowest BCUT2D eigenvalue weighted by atomic mass is 10.3. The fourth-order valence-electron chi connectivity index (χ4n) is 1.84. The zero-order valence-electron chi connectivity index (χ0n) is 12.4. The number of nitrogens with zero attached hydrogens (tertiary/aromatic N) is 4. The molecule has 0 bridgehead atoms. The van der Waals surface area contributed by atoms with E-state index in [4.69, 9.17) is 4.74 Å². The first-order valence-corrected chi connectivity index (χ1v) is 7.15. The normalized spacial score (nSPS) is 10.6. The summed E-state index contributed by atoms with van der Waals surface area (Å²) < 4.78 is 7.36. The fraction of sp³-hybridized carbons (Fsp3) is 0.429. The van der Waals surface area contributed by atoms with Crippen LogP contribution in [0.3, 0.4) is 0 Å². The van der Waals surface area contributed by atoms with Crippen molar-refractivity contribution in [3.05, 3.63) is 40.8 Å². The molecule has 0 saturated carbocycles. The van der Waals surface area contributed by atoms with Crippen LogP contribution in [0, 0.1) is 0 Å². The number of amides is 1. The lowest BCUT2D eigenvalue weighted by Gasteiger charge is -2.04. The van der Waals surface area contributed by atoms with Gasteiger partial charge in [0.2, 0.25) is 5.91 Å². The Kier molecular flexibility index (Phi) is 5.84. The van der Waals surface area contributed by atoms with E-state index in [1.165, 1.54) is 0 Å². The molecule has 0 aliphatic heterocycles. The van der Waals surface area contributed by atoms with Gasteiger partial charge in [0.25, 0.3) is 0 Å². The number of nitrogens with one attached hydrogen (secondary N) is 1. The average Bonchev–Trinajstić information content (AvgIpc) is 2.89. The fourth-order valence-corrected chi connectivity index (χ4v) is 1.84. The topological polar surface area (TPSA) is 91.0 Å². The maximum atomic E-state index is 12.1. The quantitative estimate of drug-likeness (QED) is 0.692. The molecule has 0 aliphatic carbocycles. The van der Waals surface area contributed by atoms with Crippen LogP contribution in [0.1, 0.15) is 13.3 Å². The number of rotatable bonds is 8. The molecule has 0 aliphatic rings. The van der Waals surface area contributed by atoms with E-state index in [2.05, 4.69) is 15.7 Å². The van der Waals surface area contributed by atoms with Crippen LogP contribution in [0.15, 0.2) is 35.1 Å². The van der Waals surface area contributed by atoms with E-state index in [1.807, 2.05) is 13.0 Å². The minimum atomic E-state index is -0.448. The van der Waals surface area contributed by atoms with E-state index in [-0.39, 0.29) is 12.5 Å². The molecule has 0 fully saturated rings. The van der Waals surface area contributed by atoms with Crippen molar-refractivity contribution in [2.75, 3.05) is 19.8 Å². The van der Waals surface area contributed by atoms with Crippen LogP contribution in [0.2, 0.25) is 0 Å². The highest BCUT2D eigenvalue weighted by atomic mass is 16.5. The maximum absolute atomic E-state index is 12.1. The largest absolute Gasteiger partial charge is 0.382 e. The van der Waals surface area contributed by atoms with Crippen molar-refractivity contribution in [1.82, 2.24) is 25.1 Å². The second-order valence-corrected chi connectivity index (χ2v) is 4.57. The van der Waals surface area contributed by atoms with Gasteiger partial charge in [0, 0.05) is 19.8 Å². The van der Waals surface area contributed by atoms with Crippen LogP contribution in [-0.4, -0.2) is 45.5 Å². The zero-order valence-corrected chi connectivity index (χ0v) is 12.4. The molecule has 8 heteroatoms. The Balaban J connectivity index is 1.90. The molecule has 118 valence electrons. The van der Waals surface area contributed by atoms with E-state index in [0.29, 0.717) is 25.4 Å². The van der Waals surface area contributed by atoms with Crippen LogP contribution < -0.4 is 11.0 Å². The number of hydrogen-bond acceptors (Lipinski definition) is 5. The van der Waals surface area contributed by atoms with E-state index >= 15 is 0 Å². The third-order valence-corrected chi connectivity index (χ3v) is 2.93. The smallest absolute Gasteiger partial charge is 0.368 e. The SMILES string of the molecule is CCOCCCNC(=O)Cn1nnn(-c2ccccc2)c1=O. The second kappa shape index (κ2) is 8.08. The van der Waals surface area contributed by atoms with Crippen molar-refractivity contribution in [2.45, 2.75) is 19.9 Å². The number of para-hydroxylation sites is 1. The summed E-state index contributed by atoms with van der Waals surface area (Å²) in [6, 6.07) is 8.93. The third-order valence-electron chi connectivity index (χ3n) is 2.93. The molecule has 1 N–H and O–H groups in total. The van der Waals surface area contributed by atoms with E-state index in [1.54, 1.807) is 24.3 Å². The number of carbonyl (C=O) groups excluding carboxylic acids is 1. The Hall–Kier alpha value is -2.48. The monoisotopic (exact) mass is 305 g/mol. The molecule has 8 nitrogen and oxygen atoms in total. The minimum absolute atomic E-state index is 0.152. The summed E-state index contributed by atoms with van der Waals surface area (Å²) in [4.78, 5) is 23.9. The molecule has 1 heterocycles. The summed E-state index contributed by atoms with van der Waals surface area (Å²) in [6.45, 7) is 3.52. The molecule has 0 radical (unpaired) electrons. The van der Waals surface area contributed by atoms with Crippen LogP contribution >= 0.6 is 0 Å².